The molecule has 0 fully saturated rings. The number of aryl methyl sites for hydroxylation is 1. The zero-order valence-corrected chi connectivity index (χ0v) is 15.8. The summed E-state index contributed by atoms with van der Waals surface area (Å²) in [6.45, 7) is 4.12. The van der Waals surface area contributed by atoms with Gasteiger partial charge < -0.3 is 10.1 Å². The zero-order chi connectivity index (χ0) is 18.8. The third-order valence-corrected chi connectivity index (χ3v) is 5.27. The summed E-state index contributed by atoms with van der Waals surface area (Å²) in [5.41, 5.74) is 3.82. The van der Waals surface area contributed by atoms with Crippen LogP contribution in [0, 0.1) is 18.7 Å². The van der Waals surface area contributed by atoms with Crippen LogP contribution >= 0.6 is 11.6 Å². The number of nitrogens with one attached hydrogen (secondary N) is 1. The average Bonchev–Trinajstić information content (AvgIpc) is 2.97. The second kappa shape index (κ2) is 7.71. The van der Waals surface area contributed by atoms with Crippen molar-refractivity contribution < 1.29 is 9.13 Å². The largest absolute Gasteiger partial charge is 0.493 e. The zero-order valence-electron chi connectivity index (χ0n) is 15.1. The van der Waals surface area contributed by atoms with E-state index in [1.54, 1.807) is 16.8 Å². The molecule has 0 saturated heterocycles. The van der Waals surface area contributed by atoms with E-state index in [1.165, 1.54) is 17.7 Å². The number of hydrogen-bond acceptors (Lipinski definition) is 3. The molecule has 140 valence electrons. The highest BCUT2D eigenvalue weighted by molar-refractivity contribution is 6.30. The van der Waals surface area contributed by atoms with Gasteiger partial charge >= 0.3 is 0 Å². The molecule has 1 aliphatic rings. The third kappa shape index (κ3) is 3.84. The average molecular weight is 386 g/mol. The number of aromatic nitrogens is 2. The van der Waals surface area contributed by atoms with Crippen LogP contribution in [0.25, 0.3) is 5.69 Å². The number of benzene rings is 2. The molecule has 6 heteroatoms. The van der Waals surface area contributed by atoms with Crippen LogP contribution in [-0.2, 0) is 13.0 Å². The molecular weight excluding hydrogens is 365 g/mol. The summed E-state index contributed by atoms with van der Waals surface area (Å²) in [5.74, 6) is 1.14. The molecule has 2 heterocycles. The van der Waals surface area contributed by atoms with Gasteiger partial charge in [-0.2, -0.15) is 5.10 Å². The van der Waals surface area contributed by atoms with Crippen molar-refractivity contribution in [2.24, 2.45) is 5.92 Å². The van der Waals surface area contributed by atoms with Gasteiger partial charge in [-0.1, -0.05) is 29.8 Å². The Morgan fingerprint density at radius 3 is 2.81 bits per heavy atom. The molecule has 27 heavy (non-hydrogen) atoms. The van der Waals surface area contributed by atoms with E-state index in [0.29, 0.717) is 24.2 Å². The second-order valence-corrected chi connectivity index (χ2v) is 7.22. The molecule has 4 rings (SSSR count). The molecule has 0 bridgehead atoms. The van der Waals surface area contributed by atoms with Crippen molar-refractivity contribution in [2.75, 3.05) is 13.2 Å². The van der Waals surface area contributed by atoms with Crippen molar-refractivity contribution in [1.29, 1.82) is 0 Å². The molecule has 3 aromatic rings. The second-order valence-electron chi connectivity index (χ2n) is 6.86. The summed E-state index contributed by atoms with van der Waals surface area (Å²) in [4.78, 5) is 0. The number of fused-ring (bicyclic) bond motifs is 1. The van der Waals surface area contributed by atoms with Crippen molar-refractivity contribution in [3.05, 3.63) is 76.3 Å². The van der Waals surface area contributed by atoms with E-state index in [1.807, 2.05) is 25.1 Å². The smallest absolute Gasteiger partial charge is 0.137 e. The summed E-state index contributed by atoms with van der Waals surface area (Å²) < 4.78 is 20.6. The summed E-state index contributed by atoms with van der Waals surface area (Å²) in [5, 5.41) is 8.54. The van der Waals surface area contributed by atoms with Gasteiger partial charge in [-0.25, -0.2) is 9.07 Å². The van der Waals surface area contributed by atoms with E-state index in [4.69, 9.17) is 16.3 Å². The molecular formula is C21H21ClFN3O. The lowest BCUT2D eigenvalue weighted by Gasteiger charge is -2.25. The standard InChI is InChI=1S/C21H21ClFN3O/c1-14-19(21(22)26(25-14)18-8-6-17(23)7-9-18)12-24-11-15-10-16-4-2-3-5-20(16)27-13-15/h2-9,15,24H,10-13H2,1H3. The monoisotopic (exact) mass is 385 g/mol. The van der Waals surface area contributed by atoms with Crippen molar-refractivity contribution in [1.82, 2.24) is 15.1 Å². The molecule has 0 saturated carbocycles. The molecule has 0 amide bonds. The highest BCUT2D eigenvalue weighted by Crippen LogP contribution is 2.27. The fourth-order valence-corrected chi connectivity index (χ4v) is 3.75. The first kappa shape index (κ1) is 18.0. The lowest BCUT2D eigenvalue weighted by Crippen LogP contribution is -2.31. The summed E-state index contributed by atoms with van der Waals surface area (Å²) in [6.07, 6.45) is 1.00. The van der Waals surface area contributed by atoms with Gasteiger partial charge in [-0.3, -0.25) is 0 Å². The Hall–Kier alpha value is -2.37. The van der Waals surface area contributed by atoms with E-state index in [-0.39, 0.29) is 5.82 Å². The van der Waals surface area contributed by atoms with Gasteiger partial charge in [0, 0.05) is 24.6 Å². The Morgan fingerprint density at radius 1 is 1.22 bits per heavy atom. The Morgan fingerprint density at radius 2 is 2.00 bits per heavy atom. The molecule has 2 aromatic carbocycles. The minimum absolute atomic E-state index is 0.281. The molecule has 1 aliphatic heterocycles. The molecule has 1 N–H and O–H groups in total. The van der Waals surface area contributed by atoms with Crippen LogP contribution in [0.3, 0.4) is 0 Å². The van der Waals surface area contributed by atoms with Gasteiger partial charge in [0.25, 0.3) is 0 Å². The number of para-hydroxylation sites is 1. The Labute approximate surface area is 162 Å². The molecule has 1 aromatic heterocycles. The lowest BCUT2D eigenvalue weighted by atomic mass is 9.97. The van der Waals surface area contributed by atoms with Crippen molar-refractivity contribution in [3.8, 4) is 11.4 Å². The van der Waals surface area contributed by atoms with E-state index >= 15 is 0 Å². The number of nitrogens with zero attached hydrogens (tertiary/aromatic N) is 2. The first-order valence-electron chi connectivity index (χ1n) is 9.03. The van der Waals surface area contributed by atoms with E-state index in [0.717, 1.165) is 35.7 Å². The number of halogens is 2. The highest BCUT2D eigenvalue weighted by Gasteiger charge is 2.20. The van der Waals surface area contributed by atoms with Crippen LogP contribution in [0.5, 0.6) is 5.75 Å². The molecule has 0 aliphatic carbocycles. The number of hydrogen-bond donors (Lipinski definition) is 1. The lowest BCUT2D eigenvalue weighted by molar-refractivity contribution is 0.218. The summed E-state index contributed by atoms with van der Waals surface area (Å²) in [6, 6.07) is 14.3. The van der Waals surface area contributed by atoms with E-state index in [9.17, 15) is 4.39 Å². The fraction of sp³-hybridized carbons (Fsp3) is 0.286. The minimum Gasteiger partial charge on any atom is -0.493 e. The Balaban J connectivity index is 1.40. The van der Waals surface area contributed by atoms with E-state index < -0.39 is 0 Å². The van der Waals surface area contributed by atoms with Crippen LogP contribution in [0.4, 0.5) is 4.39 Å². The van der Waals surface area contributed by atoms with Gasteiger partial charge in [0.1, 0.15) is 16.7 Å². The highest BCUT2D eigenvalue weighted by atomic mass is 35.5. The topological polar surface area (TPSA) is 39.1 Å². The Bertz CT molecular complexity index is 939. The molecule has 0 spiro atoms. The van der Waals surface area contributed by atoms with Gasteiger partial charge in [0.05, 0.1) is 18.0 Å². The SMILES string of the molecule is Cc1nn(-c2ccc(F)cc2)c(Cl)c1CNCC1COc2ccccc2C1. The van der Waals surface area contributed by atoms with Gasteiger partial charge in [0.15, 0.2) is 0 Å². The van der Waals surface area contributed by atoms with Crippen LogP contribution < -0.4 is 10.1 Å². The predicted molar refractivity (Wildman–Crippen MR) is 104 cm³/mol. The Kier molecular flexibility index (Phi) is 5.14. The van der Waals surface area contributed by atoms with Gasteiger partial charge in [-0.15, -0.1) is 0 Å². The first-order chi connectivity index (χ1) is 13.1. The van der Waals surface area contributed by atoms with E-state index in [2.05, 4.69) is 16.5 Å². The first-order valence-corrected chi connectivity index (χ1v) is 9.41. The predicted octanol–water partition coefficient (Wildman–Crippen LogP) is 4.31. The van der Waals surface area contributed by atoms with Crippen molar-refractivity contribution in [3.63, 3.8) is 0 Å². The number of rotatable bonds is 5. The van der Waals surface area contributed by atoms with Crippen LogP contribution in [0.2, 0.25) is 5.15 Å². The van der Waals surface area contributed by atoms with Gasteiger partial charge in [0.2, 0.25) is 0 Å². The normalized spacial score (nSPS) is 16.0. The quantitative estimate of drug-likeness (QED) is 0.711. The van der Waals surface area contributed by atoms with Crippen LogP contribution in [0.1, 0.15) is 16.8 Å². The minimum atomic E-state index is -0.281. The summed E-state index contributed by atoms with van der Waals surface area (Å²) >= 11 is 6.53. The maximum absolute atomic E-state index is 13.1. The molecule has 1 atom stereocenters. The van der Waals surface area contributed by atoms with Gasteiger partial charge in [-0.05, 0) is 49.2 Å². The third-order valence-electron chi connectivity index (χ3n) is 4.88. The maximum atomic E-state index is 13.1. The van der Waals surface area contributed by atoms with Crippen LogP contribution in [-0.4, -0.2) is 22.9 Å². The summed E-state index contributed by atoms with van der Waals surface area (Å²) in [7, 11) is 0. The molecule has 1 unspecified atom stereocenters. The van der Waals surface area contributed by atoms with Crippen LogP contribution in [0.15, 0.2) is 48.5 Å². The van der Waals surface area contributed by atoms with Crippen molar-refractivity contribution >= 4 is 11.6 Å². The molecule has 0 radical (unpaired) electrons. The molecule has 4 nitrogen and oxygen atoms in total. The van der Waals surface area contributed by atoms with Crippen molar-refractivity contribution in [2.45, 2.75) is 19.9 Å². The number of ether oxygens (including phenoxy) is 1. The maximum Gasteiger partial charge on any atom is 0.137 e. The fourth-order valence-electron chi connectivity index (χ4n) is 3.41.